The van der Waals surface area contributed by atoms with Gasteiger partial charge in [0.2, 0.25) is 11.8 Å². The first-order valence-corrected chi connectivity index (χ1v) is 12.1. The van der Waals surface area contributed by atoms with Gasteiger partial charge in [-0.2, -0.15) is 0 Å². The quantitative estimate of drug-likeness (QED) is 0.505. The molecule has 0 saturated carbocycles. The summed E-state index contributed by atoms with van der Waals surface area (Å²) in [5, 5.41) is 6.13. The van der Waals surface area contributed by atoms with E-state index in [0.29, 0.717) is 55.5 Å². The molecule has 186 valence electrons. The molecule has 3 N–H and O–H groups in total. The lowest BCUT2D eigenvalue weighted by molar-refractivity contribution is -0.145. The molecule has 9 heteroatoms. The van der Waals surface area contributed by atoms with Gasteiger partial charge in [0, 0.05) is 56.0 Å². The number of nitrogens with zero attached hydrogens (tertiary/aromatic N) is 2. The fourth-order valence-electron chi connectivity index (χ4n) is 5.03. The minimum Gasteiger partial charge on any atom is -0.378 e. The highest BCUT2D eigenvalue weighted by atomic mass is 16.5. The van der Waals surface area contributed by atoms with Crippen LogP contribution in [-0.4, -0.2) is 58.8 Å². The van der Waals surface area contributed by atoms with Crippen molar-refractivity contribution in [2.45, 2.75) is 26.7 Å². The summed E-state index contributed by atoms with van der Waals surface area (Å²) in [6.07, 6.45) is 2.16. The van der Waals surface area contributed by atoms with Crippen molar-refractivity contribution in [1.82, 2.24) is 14.9 Å². The summed E-state index contributed by atoms with van der Waals surface area (Å²) in [6.45, 7) is 5.40. The molecule has 3 heterocycles. The molecule has 1 unspecified atom stereocenters. The van der Waals surface area contributed by atoms with Gasteiger partial charge in [-0.1, -0.05) is 18.2 Å². The summed E-state index contributed by atoms with van der Waals surface area (Å²) in [5.74, 6) is 0.0883. The number of nitrogens with one attached hydrogen (secondary N) is 3. The minimum absolute atomic E-state index is 0.0182. The number of rotatable bonds is 5. The average Bonchev–Trinajstić information content (AvgIpc) is 3.22. The number of pyridine rings is 1. The number of benzene rings is 1. The van der Waals surface area contributed by atoms with Crippen LogP contribution in [0.25, 0.3) is 11.3 Å². The van der Waals surface area contributed by atoms with Crippen molar-refractivity contribution in [3.05, 3.63) is 59.9 Å². The summed E-state index contributed by atoms with van der Waals surface area (Å²) in [5.41, 5.74) is 3.41. The first-order chi connectivity index (χ1) is 17.3. The molecule has 9 nitrogen and oxygen atoms in total. The maximum atomic E-state index is 13.6. The number of fused-ring (bicyclic) bond motifs is 1. The molecule has 1 saturated heterocycles. The number of carbonyl (C=O) groups excluding carboxylic acids is 3. The number of amides is 2. The number of hydrogen-bond acceptors (Lipinski definition) is 6. The lowest BCUT2D eigenvalue weighted by Gasteiger charge is -2.38. The van der Waals surface area contributed by atoms with Gasteiger partial charge in [0.05, 0.1) is 35.6 Å². The summed E-state index contributed by atoms with van der Waals surface area (Å²) in [6, 6.07) is 13.2. The van der Waals surface area contributed by atoms with Crippen LogP contribution in [0.2, 0.25) is 0 Å². The Morgan fingerprint density at radius 1 is 1.11 bits per heavy atom. The van der Waals surface area contributed by atoms with Gasteiger partial charge in [0.25, 0.3) is 0 Å². The standard InChI is InChI=1S/C27H29N5O4/c1-17(33)29-22-14-18(8-9-28-22)24-25(30-19-6-4-3-5-7-19)23-20(31-24)15-27(2,16-21(23)34)26(35)32-10-12-36-13-11-32/h3-9,14,30-31H,10-13,15-16H2,1-2H3,(H,28,29,33). The molecule has 2 amide bonds. The van der Waals surface area contributed by atoms with E-state index in [0.717, 1.165) is 16.9 Å². The van der Waals surface area contributed by atoms with Crippen molar-refractivity contribution in [2.24, 2.45) is 5.41 Å². The van der Waals surface area contributed by atoms with E-state index in [4.69, 9.17) is 4.74 Å². The molecule has 1 aromatic carbocycles. The van der Waals surface area contributed by atoms with E-state index in [2.05, 4.69) is 20.6 Å². The summed E-state index contributed by atoms with van der Waals surface area (Å²) in [4.78, 5) is 48.1. The van der Waals surface area contributed by atoms with Gasteiger partial charge in [-0.3, -0.25) is 14.4 Å². The normalized spacial score (nSPS) is 19.5. The predicted octanol–water partition coefficient (Wildman–Crippen LogP) is 3.77. The van der Waals surface area contributed by atoms with E-state index in [-0.39, 0.29) is 24.0 Å². The highest BCUT2D eigenvalue weighted by Crippen LogP contribution is 2.44. The van der Waals surface area contributed by atoms with Crippen LogP contribution < -0.4 is 10.6 Å². The van der Waals surface area contributed by atoms with E-state index in [1.165, 1.54) is 6.92 Å². The van der Waals surface area contributed by atoms with Gasteiger partial charge in [0.1, 0.15) is 5.82 Å². The maximum absolute atomic E-state index is 13.6. The molecule has 1 fully saturated rings. The first kappa shape index (κ1) is 23.7. The summed E-state index contributed by atoms with van der Waals surface area (Å²) >= 11 is 0. The maximum Gasteiger partial charge on any atom is 0.229 e. The average molecular weight is 488 g/mol. The molecule has 5 rings (SSSR count). The molecule has 1 atom stereocenters. The Labute approximate surface area is 209 Å². The zero-order valence-corrected chi connectivity index (χ0v) is 20.4. The number of morpholine rings is 1. The predicted molar refractivity (Wildman–Crippen MR) is 136 cm³/mol. The molecule has 1 aliphatic carbocycles. The Morgan fingerprint density at radius 3 is 2.58 bits per heavy atom. The van der Waals surface area contributed by atoms with Crippen LogP contribution in [0.4, 0.5) is 17.2 Å². The second-order valence-corrected chi connectivity index (χ2v) is 9.57. The molecule has 2 aliphatic rings. The summed E-state index contributed by atoms with van der Waals surface area (Å²) < 4.78 is 5.40. The highest BCUT2D eigenvalue weighted by Gasteiger charge is 2.45. The van der Waals surface area contributed by atoms with E-state index < -0.39 is 5.41 Å². The molecular formula is C27H29N5O4. The molecule has 3 aromatic rings. The number of carbonyl (C=O) groups is 3. The number of para-hydroxylation sites is 1. The Hall–Kier alpha value is -3.98. The molecule has 0 radical (unpaired) electrons. The number of Topliss-reactive ketones (excluding diaryl/α,β-unsaturated/α-hetero) is 1. The number of ether oxygens (including phenoxy) is 1. The van der Waals surface area contributed by atoms with Gasteiger partial charge in [-0.25, -0.2) is 4.98 Å². The monoisotopic (exact) mass is 487 g/mol. The molecule has 1 aliphatic heterocycles. The number of aromatic nitrogens is 2. The lowest BCUT2D eigenvalue weighted by atomic mass is 9.73. The van der Waals surface area contributed by atoms with Gasteiger partial charge < -0.3 is 25.3 Å². The van der Waals surface area contributed by atoms with Crippen molar-refractivity contribution in [2.75, 3.05) is 36.9 Å². The second-order valence-electron chi connectivity index (χ2n) is 9.57. The Bertz CT molecular complexity index is 1310. The van der Waals surface area contributed by atoms with Crippen molar-refractivity contribution < 1.29 is 19.1 Å². The smallest absolute Gasteiger partial charge is 0.229 e. The topological polar surface area (TPSA) is 116 Å². The molecule has 36 heavy (non-hydrogen) atoms. The van der Waals surface area contributed by atoms with Crippen LogP contribution in [0.1, 0.15) is 36.3 Å². The third kappa shape index (κ3) is 4.61. The van der Waals surface area contributed by atoms with Crippen LogP contribution in [-0.2, 0) is 20.7 Å². The number of ketones is 1. The molecule has 0 spiro atoms. The summed E-state index contributed by atoms with van der Waals surface area (Å²) in [7, 11) is 0. The van der Waals surface area contributed by atoms with Crippen molar-refractivity contribution in [3.8, 4) is 11.3 Å². The zero-order valence-electron chi connectivity index (χ0n) is 20.4. The second kappa shape index (κ2) is 9.58. The fraction of sp³-hybridized carbons (Fsp3) is 0.333. The Balaban J connectivity index is 1.57. The number of hydrogen-bond donors (Lipinski definition) is 3. The Kier molecular flexibility index (Phi) is 6.32. The largest absolute Gasteiger partial charge is 0.378 e. The third-order valence-electron chi connectivity index (χ3n) is 6.68. The van der Waals surface area contributed by atoms with Crippen molar-refractivity contribution >= 4 is 34.8 Å². The molecule has 2 aromatic heterocycles. The van der Waals surface area contributed by atoms with E-state index >= 15 is 0 Å². The highest BCUT2D eigenvalue weighted by molar-refractivity contribution is 6.10. The number of anilines is 3. The van der Waals surface area contributed by atoms with Crippen LogP contribution in [0.5, 0.6) is 0 Å². The fourth-order valence-corrected chi connectivity index (χ4v) is 5.03. The number of H-pyrrole nitrogens is 1. The Morgan fingerprint density at radius 2 is 1.86 bits per heavy atom. The molecule has 0 bridgehead atoms. The third-order valence-corrected chi connectivity index (χ3v) is 6.68. The van der Waals surface area contributed by atoms with Crippen LogP contribution in [0.15, 0.2) is 48.7 Å². The lowest BCUT2D eigenvalue weighted by Crippen LogP contribution is -2.50. The van der Waals surface area contributed by atoms with Crippen LogP contribution in [0.3, 0.4) is 0 Å². The van der Waals surface area contributed by atoms with Crippen molar-refractivity contribution in [3.63, 3.8) is 0 Å². The minimum atomic E-state index is -0.840. The first-order valence-electron chi connectivity index (χ1n) is 12.1. The number of aromatic amines is 1. The van der Waals surface area contributed by atoms with Gasteiger partial charge in [0.15, 0.2) is 5.78 Å². The SMILES string of the molecule is CC(=O)Nc1cc(-c2[nH]c3c(c2Nc2ccccc2)C(=O)CC(C)(C(=O)N2CCOCC2)C3)ccn1. The van der Waals surface area contributed by atoms with Gasteiger partial charge in [-0.15, -0.1) is 0 Å². The van der Waals surface area contributed by atoms with Crippen LogP contribution in [0, 0.1) is 5.41 Å². The molecular weight excluding hydrogens is 458 g/mol. The van der Waals surface area contributed by atoms with E-state index in [9.17, 15) is 14.4 Å². The van der Waals surface area contributed by atoms with E-state index in [1.54, 1.807) is 17.2 Å². The van der Waals surface area contributed by atoms with Crippen molar-refractivity contribution in [1.29, 1.82) is 0 Å². The van der Waals surface area contributed by atoms with E-state index in [1.807, 2.05) is 43.3 Å². The van der Waals surface area contributed by atoms with Gasteiger partial charge >= 0.3 is 0 Å². The van der Waals surface area contributed by atoms with Gasteiger partial charge in [-0.05, 0) is 31.2 Å². The van der Waals surface area contributed by atoms with Crippen LogP contribution >= 0.6 is 0 Å². The zero-order chi connectivity index (χ0) is 25.3.